The molecule has 0 aromatic heterocycles. The highest BCUT2D eigenvalue weighted by Gasteiger charge is 2.35. The fourth-order valence-corrected chi connectivity index (χ4v) is 2.29. The molecule has 1 aromatic carbocycles. The molecule has 1 aliphatic heterocycles. The highest BCUT2D eigenvalue weighted by molar-refractivity contribution is 6.30. The first-order valence-electron chi connectivity index (χ1n) is 5.90. The van der Waals surface area contributed by atoms with Gasteiger partial charge in [-0.1, -0.05) is 18.5 Å². The van der Waals surface area contributed by atoms with E-state index in [0.29, 0.717) is 25.2 Å². The van der Waals surface area contributed by atoms with Crippen LogP contribution in [0.25, 0.3) is 0 Å². The van der Waals surface area contributed by atoms with Crippen LogP contribution in [0.2, 0.25) is 5.02 Å². The van der Waals surface area contributed by atoms with Gasteiger partial charge in [0.1, 0.15) is 5.82 Å². The summed E-state index contributed by atoms with van der Waals surface area (Å²) in [4.78, 5) is 13.9. The number of carbonyl (C=O) groups excluding carboxylic acids is 1. The van der Waals surface area contributed by atoms with Gasteiger partial charge in [0.05, 0.1) is 5.02 Å². The lowest BCUT2D eigenvalue weighted by Gasteiger charge is -2.22. The highest BCUT2D eigenvalue weighted by atomic mass is 35.5. The lowest BCUT2D eigenvalue weighted by molar-refractivity contribution is 0.0776. The van der Waals surface area contributed by atoms with E-state index >= 15 is 0 Å². The molecular weight excluding hydrogens is 255 g/mol. The molecule has 0 bridgehead atoms. The van der Waals surface area contributed by atoms with E-state index in [4.69, 9.17) is 17.3 Å². The van der Waals surface area contributed by atoms with Crippen molar-refractivity contribution in [3.05, 3.63) is 34.6 Å². The molecule has 5 heteroatoms. The number of nitrogens with two attached hydrogens (primary N) is 1. The first-order chi connectivity index (χ1) is 8.45. The van der Waals surface area contributed by atoms with Gasteiger partial charge in [-0.3, -0.25) is 4.79 Å². The van der Waals surface area contributed by atoms with Gasteiger partial charge in [-0.2, -0.15) is 0 Å². The van der Waals surface area contributed by atoms with Crippen LogP contribution in [-0.2, 0) is 0 Å². The summed E-state index contributed by atoms with van der Waals surface area (Å²) in [5, 5.41) is 0.0276. The molecule has 0 radical (unpaired) electrons. The third kappa shape index (κ3) is 2.49. The molecule has 1 aromatic rings. The molecule has 3 nitrogen and oxygen atoms in total. The predicted molar refractivity (Wildman–Crippen MR) is 69.1 cm³/mol. The minimum absolute atomic E-state index is 0.0272. The Kier molecular flexibility index (Phi) is 3.59. The van der Waals surface area contributed by atoms with Crippen LogP contribution in [-0.4, -0.2) is 30.4 Å². The fourth-order valence-electron chi connectivity index (χ4n) is 2.18. The maximum atomic E-state index is 13.3. The van der Waals surface area contributed by atoms with Crippen LogP contribution in [0.4, 0.5) is 4.39 Å². The fraction of sp³-hybridized carbons (Fsp3) is 0.462. The number of likely N-dealkylation sites (tertiary alicyclic amines) is 1. The molecular formula is C13H16ClFN2O. The molecule has 2 N–H and O–H groups in total. The van der Waals surface area contributed by atoms with Gasteiger partial charge < -0.3 is 10.6 Å². The third-order valence-electron chi connectivity index (χ3n) is 3.50. The van der Waals surface area contributed by atoms with Crippen molar-refractivity contribution in [3.63, 3.8) is 0 Å². The van der Waals surface area contributed by atoms with Crippen LogP contribution in [0.5, 0.6) is 0 Å². The molecule has 1 amide bonds. The second kappa shape index (κ2) is 4.86. The quantitative estimate of drug-likeness (QED) is 0.896. The maximum absolute atomic E-state index is 13.3. The van der Waals surface area contributed by atoms with Gasteiger partial charge in [0, 0.05) is 18.7 Å². The van der Waals surface area contributed by atoms with Crippen LogP contribution >= 0.6 is 11.6 Å². The Hall–Kier alpha value is -1.13. The van der Waals surface area contributed by atoms with Gasteiger partial charge in [0.2, 0.25) is 0 Å². The third-order valence-corrected chi connectivity index (χ3v) is 3.81. The Morgan fingerprint density at radius 1 is 1.61 bits per heavy atom. The van der Waals surface area contributed by atoms with Crippen molar-refractivity contribution in [3.8, 4) is 0 Å². The number of rotatable bonds is 2. The average Bonchev–Trinajstić information content (AvgIpc) is 2.75. The number of nitrogens with zero attached hydrogens (tertiary/aromatic N) is 1. The van der Waals surface area contributed by atoms with E-state index in [1.54, 1.807) is 11.0 Å². The molecule has 2 rings (SSSR count). The monoisotopic (exact) mass is 270 g/mol. The normalized spacial score (nSPS) is 23.4. The summed E-state index contributed by atoms with van der Waals surface area (Å²) in [6, 6.07) is 4.14. The van der Waals surface area contributed by atoms with E-state index in [1.807, 2.05) is 0 Å². The molecule has 1 heterocycles. The zero-order valence-electron chi connectivity index (χ0n) is 10.2. The van der Waals surface area contributed by atoms with Crippen LogP contribution in [0, 0.1) is 11.2 Å². The van der Waals surface area contributed by atoms with Crippen molar-refractivity contribution in [2.75, 3.05) is 19.6 Å². The molecule has 0 saturated carbocycles. The number of amides is 1. The van der Waals surface area contributed by atoms with Gasteiger partial charge >= 0.3 is 0 Å². The number of hydrogen-bond acceptors (Lipinski definition) is 2. The SMILES string of the molecule is CC1(CN)CCN(C(=O)c2ccc(Cl)c(F)c2)C1. The summed E-state index contributed by atoms with van der Waals surface area (Å²) in [5.74, 6) is -0.731. The number of hydrogen-bond donors (Lipinski definition) is 1. The lowest BCUT2D eigenvalue weighted by atomic mass is 9.90. The molecule has 1 unspecified atom stereocenters. The molecule has 18 heavy (non-hydrogen) atoms. The van der Waals surface area contributed by atoms with Gasteiger partial charge in [-0.15, -0.1) is 0 Å². The second-order valence-electron chi connectivity index (χ2n) is 5.12. The summed E-state index contributed by atoms with van der Waals surface area (Å²) < 4.78 is 13.3. The molecule has 98 valence electrons. The van der Waals surface area contributed by atoms with Crippen molar-refractivity contribution in [2.24, 2.45) is 11.1 Å². The molecule has 0 spiro atoms. The first kappa shape index (κ1) is 13.3. The maximum Gasteiger partial charge on any atom is 0.253 e. The number of carbonyl (C=O) groups is 1. The number of benzene rings is 1. The van der Waals surface area contributed by atoms with Crippen LogP contribution in [0.15, 0.2) is 18.2 Å². The summed E-state index contributed by atoms with van der Waals surface area (Å²) in [5.41, 5.74) is 6.00. The highest BCUT2D eigenvalue weighted by Crippen LogP contribution is 2.29. The summed E-state index contributed by atoms with van der Waals surface area (Å²) in [6.45, 7) is 3.89. The molecule has 1 fully saturated rings. The van der Waals surface area contributed by atoms with Gasteiger partial charge in [-0.25, -0.2) is 4.39 Å². The summed E-state index contributed by atoms with van der Waals surface area (Å²) in [6.07, 6.45) is 0.880. The summed E-state index contributed by atoms with van der Waals surface area (Å²) in [7, 11) is 0. The molecule has 0 aliphatic carbocycles. The van der Waals surface area contributed by atoms with Gasteiger partial charge in [0.25, 0.3) is 5.91 Å². The predicted octanol–water partition coefficient (Wildman–Crippen LogP) is 2.29. The average molecular weight is 271 g/mol. The van der Waals surface area contributed by atoms with E-state index in [1.165, 1.54) is 12.1 Å². The van der Waals surface area contributed by atoms with E-state index in [9.17, 15) is 9.18 Å². The first-order valence-corrected chi connectivity index (χ1v) is 6.27. The largest absolute Gasteiger partial charge is 0.338 e. The second-order valence-corrected chi connectivity index (χ2v) is 5.53. The van der Waals surface area contributed by atoms with Crippen LogP contribution < -0.4 is 5.73 Å². The number of halogens is 2. The van der Waals surface area contributed by atoms with Crippen LogP contribution in [0.1, 0.15) is 23.7 Å². The van der Waals surface area contributed by atoms with Crippen molar-refractivity contribution in [1.29, 1.82) is 0 Å². The Morgan fingerprint density at radius 3 is 2.89 bits per heavy atom. The smallest absolute Gasteiger partial charge is 0.253 e. The van der Waals surface area contributed by atoms with E-state index in [-0.39, 0.29) is 16.3 Å². The Balaban J connectivity index is 2.15. The minimum Gasteiger partial charge on any atom is -0.338 e. The van der Waals surface area contributed by atoms with Crippen molar-refractivity contribution in [2.45, 2.75) is 13.3 Å². The minimum atomic E-state index is -0.566. The van der Waals surface area contributed by atoms with E-state index in [2.05, 4.69) is 6.92 Å². The van der Waals surface area contributed by atoms with E-state index in [0.717, 1.165) is 6.42 Å². The topological polar surface area (TPSA) is 46.3 Å². The standard InChI is InChI=1S/C13H16ClFN2O/c1-13(7-16)4-5-17(8-13)12(18)9-2-3-10(14)11(15)6-9/h2-3,6H,4-5,7-8,16H2,1H3. The van der Waals surface area contributed by atoms with E-state index < -0.39 is 5.82 Å². The zero-order valence-corrected chi connectivity index (χ0v) is 11.0. The van der Waals surface area contributed by atoms with Gasteiger partial charge in [0.15, 0.2) is 0 Å². The summed E-state index contributed by atoms with van der Waals surface area (Å²) >= 11 is 5.60. The zero-order chi connectivity index (χ0) is 13.3. The van der Waals surface area contributed by atoms with Crippen molar-refractivity contribution >= 4 is 17.5 Å². The molecule has 1 atom stereocenters. The van der Waals surface area contributed by atoms with Crippen molar-refractivity contribution < 1.29 is 9.18 Å². The molecule has 1 saturated heterocycles. The Labute approximate surface area is 111 Å². The lowest BCUT2D eigenvalue weighted by Crippen LogP contribution is -2.34. The van der Waals surface area contributed by atoms with Crippen molar-refractivity contribution in [1.82, 2.24) is 4.90 Å². The molecule has 1 aliphatic rings. The van der Waals surface area contributed by atoms with Gasteiger partial charge in [-0.05, 0) is 36.6 Å². The Bertz CT molecular complexity index is 480. The van der Waals surface area contributed by atoms with Crippen LogP contribution in [0.3, 0.4) is 0 Å². The Morgan fingerprint density at radius 2 is 2.33 bits per heavy atom.